The third-order valence-electron chi connectivity index (χ3n) is 1.51. The lowest BCUT2D eigenvalue weighted by Gasteiger charge is -1.97. The first-order valence-corrected chi connectivity index (χ1v) is 3.36. The first-order valence-electron chi connectivity index (χ1n) is 3.36. The van der Waals surface area contributed by atoms with E-state index in [0.29, 0.717) is 11.4 Å². The molecular weight excluding hydrogens is 162 g/mol. The van der Waals surface area contributed by atoms with E-state index in [2.05, 4.69) is 10.3 Å². The van der Waals surface area contributed by atoms with Crippen LogP contribution in [-0.4, -0.2) is 31.2 Å². The number of carboxylic acids is 1. The molecule has 66 valence electrons. The molecule has 0 radical (unpaired) electrons. The predicted molar refractivity (Wildman–Crippen MR) is 38.3 cm³/mol. The van der Waals surface area contributed by atoms with Crippen LogP contribution in [0.3, 0.4) is 0 Å². The quantitative estimate of drug-likeness (QED) is 0.619. The van der Waals surface area contributed by atoms with Gasteiger partial charge in [-0.05, 0) is 6.92 Å². The van der Waals surface area contributed by atoms with Gasteiger partial charge in [-0.2, -0.15) is 0 Å². The summed E-state index contributed by atoms with van der Waals surface area (Å²) in [6, 6.07) is 0. The second-order valence-corrected chi connectivity index (χ2v) is 2.33. The van der Waals surface area contributed by atoms with E-state index in [1.807, 2.05) is 0 Å². The van der Waals surface area contributed by atoms with Crippen molar-refractivity contribution in [3.63, 3.8) is 0 Å². The minimum absolute atomic E-state index is 0.217. The van der Waals surface area contributed by atoms with E-state index in [0.717, 1.165) is 0 Å². The van der Waals surface area contributed by atoms with Crippen molar-refractivity contribution >= 4 is 5.97 Å². The van der Waals surface area contributed by atoms with Gasteiger partial charge in [0.1, 0.15) is 12.2 Å². The summed E-state index contributed by atoms with van der Waals surface area (Å²) in [5.74, 6) is -0.979. The van der Waals surface area contributed by atoms with Gasteiger partial charge >= 0.3 is 5.97 Å². The first kappa shape index (κ1) is 8.66. The van der Waals surface area contributed by atoms with Gasteiger partial charge in [0.2, 0.25) is 0 Å². The standard InChI is InChI=1S/C6H9N3O3/c1-4-5(3-10)7-8-9(4)2-6(11)12/h10H,2-3H2,1H3,(H,11,12). The molecule has 1 aromatic rings. The Hall–Kier alpha value is -1.43. The van der Waals surface area contributed by atoms with Crippen molar-refractivity contribution in [2.75, 3.05) is 0 Å². The molecular formula is C6H9N3O3. The Morgan fingerprint density at radius 1 is 1.67 bits per heavy atom. The van der Waals surface area contributed by atoms with Gasteiger partial charge in [0.15, 0.2) is 0 Å². The third-order valence-corrected chi connectivity index (χ3v) is 1.51. The summed E-state index contributed by atoms with van der Waals surface area (Å²) >= 11 is 0. The van der Waals surface area contributed by atoms with Crippen molar-refractivity contribution in [2.45, 2.75) is 20.1 Å². The number of aliphatic carboxylic acids is 1. The van der Waals surface area contributed by atoms with Crippen LogP contribution in [0.4, 0.5) is 0 Å². The average Bonchev–Trinajstić information content (AvgIpc) is 2.32. The summed E-state index contributed by atoms with van der Waals surface area (Å²) in [6.45, 7) is 1.22. The largest absolute Gasteiger partial charge is 0.480 e. The summed E-state index contributed by atoms with van der Waals surface area (Å²) < 4.78 is 1.23. The molecule has 1 rings (SSSR count). The number of carbonyl (C=O) groups is 1. The Bertz CT molecular complexity index is 294. The van der Waals surface area contributed by atoms with Gasteiger partial charge < -0.3 is 10.2 Å². The maximum Gasteiger partial charge on any atom is 0.325 e. The highest BCUT2D eigenvalue weighted by Crippen LogP contribution is 2.02. The number of carboxylic acid groups (broad SMARTS) is 1. The molecule has 0 unspecified atom stereocenters. The monoisotopic (exact) mass is 171 g/mol. The third kappa shape index (κ3) is 1.59. The number of aliphatic hydroxyl groups excluding tert-OH is 1. The molecule has 0 saturated heterocycles. The Kier molecular flexibility index (Phi) is 2.39. The normalized spacial score (nSPS) is 10.2. The van der Waals surface area contributed by atoms with Crippen molar-refractivity contribution in [1.82, 2.24) is 15.0 Å². The summed E-state index contributed by atoms with van der Waals surface area (Å²) in [6.07, 6.45) is 0. The highest BCUT2D eigenvalue weighted by atomic mass is 16.4. The van der Waals surface area contributed by atoms with E-state index in [-0.39, 0.29) is 13.2 Å². The molecule has 0 saturated carbocycles. The lowest BCUT2D eigenvalue weighted by molar-refractivity contribution is -0.137. The van der Waals surface area contributed by atoms with Gasteiger partial charge in [0.05, 0.1) is 12.3 Å². The molecule has 6 nitrogen and oxygen atoms in total. The fourth-order valence-corrected chi connectivity index (χ4v) is 0.821. The molecule has 0 atom stereocenters. The maximum atomic E-state index is 10.3. The van der Waals surface area contributed by atoms with E-state index < -0.39 is 5.97 Å². The van der Waals surface area contributed by atoms with Crippen molar-refractivity contribution in [3.8, 4) is 0 Å². The Balaban J connectivity index is 2.87. The van der Waals surface area contributed by atoms with Gasteiger partial charge in [0, 0.05) is 0 Å². The second-order valence-electron chi connectivity index (χ2n) is 2.33. The molecule has 0 aromatic carbocycles. The highest BCUT2D eigenvalue weighted by molar-refractivity contribution is 5.66. The van der Waals surface area contributed by atoms with Crippen LogP contribution in [0.1, 0.15) is 11.4 Å². The van der Waals surface area contributed by atoms with Crippen LogP contribution in [0.25, 0.3) is 0 Å². The molecule has 0 aliphatic carbocycles. The van der Waals surface area contributed by atoms with Crippen LogP contribution in [-0.2, 0) is 17.9 Å². The molecule has 0 amide bonds. The Morgan fingerprint density at radius 3 is 2.75 bits per heavy atom. The van der Waals surface area contributed by atoms with Gasteiger partial charge in [-0.1, -0.05) is 5.21 Å². The lowest BCUT2D eigenvalue weighted by Crippen LogP contribution is -2.11. The van der Waals surface area contributed by atoms with Crippen molar-refractivity contribution in [2.24, 2.45) is 0 Å². The van der Waals surface area contributed by atoms with E-state index in [4.69, 9.17) is 10.2 Å². The molecule has 0 spiro atoms. The number of hydrogen-bond donors (Lipinski definition) is 2. The van der Waals surface area contributed by atoms with Crippen LogP contribution in [0.5, 0.6) is 0 Å². The highest BCUT2D eigenvalue weighted by Gasteiger charge is 2.08. The molecule has 1 heterocycles. The number of nitrogens with zero attached hydrogens (tertiary/aromatic N) is 3. The van der Waals surface area contributed by atoms with Crippen LogP contribution in [0.15, 0.2) is 0 Å². The van der Waals surface area contributed by atoms with Crippen LogP contribution >= 0.6 is 0 Å². The molecule has 1 aromatic heterocycles. The van der Waals surface area contributed by atoms with Gasteiger partial charge in [-0.3, -0.25) is 4.79 Å². The molecule has 0 bridgehead atoms. The van der Waals surface area contributed by atoms with E-state index in [1.165, 1.54) is 4.68 Å². The minimum Gasteiger partial charge on any atom is -0.480 e. The smallest absolute Gasteiger partial charge is 0.325 e. The zero-order valence-electron chi connectivity index (χ0n) is 6.56. The zero-order chi connectivity index (χ0) is 9.14. The lowest BCUT2D eigenvalue weighted by atomic mass is 10.3. The molecule has 12 heavy (non-hydrogen) atoms. The van der Waals surface area contributed by atoms with E-state index >= 15 is 0 Å². The van der Waals surface area contributed by atoms with Crippen LogP contribution < -0.4 is 0 Å². The summed E-state index contributed by atoms with van der Waals surface area (Å²) in [5.41, 5.74) is 0.996. The van der Waals surface area contributed by atoms with Crippen molar-refractivity contribution < 1.29 is 15.0 Å². The van der Waals surface area contributed by atoms with Crippen molar-refractivity contribution in [1.29, 1.82) is 0 Å². The minimum atomic E-state index is -0.979. The van der Waals surface area contributed by atoms with Crippen LogP contribution in [0.2, 0.25) is 0 Å². The molecule has 0 aliphatic heterocycles. The zero-order valence-corrected chi connectivity index (χ0v) is 6.56. The second kappa shape index (κ2) is 3.31. The number of aromatic nitrogens is 3. The number of hydrogen-bond acceptors (Lipinski definition) is 4. The molecule has 6 heteroatoms. The molecule has 0 aliphatic rings. The Morgan fingerprint density at radius 2 is 2.33 bits per heavy atom. The first-order chi connectivity index (χ1) is 5.65. The summed E-state index contributed by atoms with van der Waals surface area (Å²) in [7, 11) is 0. The van der Waals surface area contributed by atoms with Crippen molar-refractivity contribution in [3.05, 3.63) is 11.4 Å². The predicted octanol–water partition coefficient (Wildman–Crippen LogP) is -0.837. The number of rotatable bonds is 3. The SMILES string of the molecule is Cc1c(CO)nnn1CC(=O)O. The molecule has 0 fully saturated rings. The van der Waals surface area contributed by atoms with E-state index in [1.54, 1.807) is 6.92 Å². The molecule has 2 N–H and O–H groups in total. The average molecular weight is 171 g/mol. The fourth-order valence-electron chi connectivity index (χ4n) is 0.821. The number of aliphatic hydroxyl groups is 1. The van der Waals surface area contributed by atoms with Gasteiger partial charge in [-0.25, -0.2) is 4.68 Å². The van der Waals surface area contributed by atoms with Crippen LogP contribution in [0, 0.1) is 6.92 Å². The summed E-state index contributed by atoms with van der Waals surface area (Å²) in [5, 5.41) is 24.3. The Labute approximate surface area is 68.4 Å². The van der Waals surface area contributed by atoms with E-state index in [9.17, 15) is 4.79 Å². The maximum absolute atomic E-state index is 10.3. The fraction of sp³-hybridized carbons (Fsp3) is 0.500. The van der Waals surface area contributed by atoms with Gasteiger partial charge in [-0.15, -0.1) is 5.10 Å². The van der Waals surface area contributed by atoms with Gasteiger partial charge in [0.25, 0.3) is 0 Å². The topological polar surface area (TPSA) is 88.2 Å². The summed E-state index contributed by atoms with van der Waals surface area (Å²) in [4.78, 5) is 10.3.